The summed E-state index contributed by atoms with van der Waals surface area (Å²) >= 11 is 1.63. The number of fused-ring (bicyclic) bond motifs is 1. The van der Waals surface area contributed by atoms with Crippen molar-refractivity contribution in [1.82, 2.24) is 19.1 Å². The van der Waals surface area contributed by atoms with E-state index in [1.807, 2.05) is 4.57 Å². The van der Waals surface area contributed by atoms with Gasteiger partial charge in [0.15, 0.2) is 16.3 Å². The second kappa shape index (κ2) is 7.86. The van der Waals surface area contributed by atoms with E-state index in [2.05, 4.69) is 30.7 Å². The molecule has 0 bridgehead atoms. The van der Waals surface area contributed by atoms with Gasteiger partial charge in [-0.1, -0.05) is 58.2 Å². The molecule has 0 aliphatic rings. The lowest BCUT2D eigenvalue weighted by Crippen LogP contribution is -2.29. The molecule has 0 fully saturated rings. The molecule has 0 aliphatic heterocycles. The van der Waals surface area contributed by atoms with Crippen LogP contribution in [0.1, 0.15) is 52.9 Å². The number of thioether (sulfide) groups is 1. The second-order valence-electron chi connectivity index (χ2n) is 6.12. The molecule has 128 valence electrons. The van der Waals surface area contributed by atoms with Gasteiger partial charge in [-0.3, -0.25) is 14.3 Å². The lowest BCUT2D eigenvalue weighted by atomic mass is 10.1. The van der Waals surface area contributed by atoms with Crippen molar-refractivity contribution in [3.8, 4) is 0 Å². The molecule has 2 rings (SSSR count). The zero-order valence-corrected chi connectivity index (χ0v) is 15.2. The minimum absolute atomic E-state index is 0.347. The van der Waals surface area contributed by atoms with Crippen molar-refractivity contribution in [3.05, 3.63) is 20.8 Å². The van der Waals surface area contributed by atoms with Crippen LogP contribution in [0.4, 0.5) is 0 Å². The van der Waals surface area contributed by atoms with Crippen LogP contribution in [0.15, 0.2) is 14.7 Å². The molecule has 2 aromatic rings. The van der Waals surface area contributed by atoms with E-state index in [-0.39, 0.29) is 5.56 Å². The van der Waals surface area contributed by atoms with Crippen molar-refractivity contribution >= 4 is 22.9 Å². The van der Waals surface area contributed by atoms with Gasteiger partial charge in [-0.05, 0) is 6.42 Å². The lowest BCUT2D eigenvalue weighted by Gasteiger charge is -2.09. The van der Waals surface area contributed by atoms with E-state index in [1.54, 1.807) is 18.8 Å². The smallest absolute Gasteiger partial charge is 0.313 e. The summed E-state index contributed by atoms with van der Waals surface area (Å²) in [5.74, 6) is 0. The molecule has 23 heavy (non-hydrogen) atoms. The Hall–Kier alpha value is -1.50. The first-order valence-corrected chi connectivity index (χ1v) is 9.19. The van der Waals surface area contributed by atoms with Crippen molar-refractivity contribution in [2.75, 3.05) is 0 Å². The van der Waals surface area contributed by atoms with Crippen molar-refractivity contribution in [3.63, 3.8) is 0 Å². The molecule has 0 amide bonds. The van der Waals surface area contributed by atoms with E-state index in [1.165, 1.54) is 23.8 Å². The molecular formula is C16H26N4O2S. The molecule has 7 heteroatoms. The third-order valence-corrected chi connectivity index (χ3v) is 4.79. The molecule has 1 N–H and O–H groups in total. The van der Waals surface area contributed by atoms with Gasteiger partial charge in [0.05, 0.1) is 0 Å². The Balaban J connectivity index is 2.40. The van der Waals surface area contributed by atoms with Gasteiger partial charge in [0.2, 0.25) is 0 Å². The molecule has 0 saturated heterocycles. The van der Waals surface area contributed by atoms with Gasteiger partial charge in [-0.2, -0.15) is 0 Å². The van der Waals surface area contributed by atoms with Crippen LogP contribution in [-0.4, -0.2) is 24.4 Å². The fourth-order valence-electron chi connectivity index (χ4n) is 2.60. The summed E-state index contributed by atoms with van der Waals surface area (Å²) in [6.45, 7) is 7.15. The van der Waals surface area contributed by atoms with Crippen LogP contribution in [0.25, 0.3) is 11.2 Å². The summed E-state index contributed by atoms with van der Waals surface area (Å²) in [5.41, 5.74) is 0.206. The van der Waals surface area contributed by atoms with Crippen LogP contribution in [0, 0.1) is 0 Å². The summed E-state index contributed by atoms with van der Waals surface area (Å²) in [7, 11) is 1.64. The number of aryl methyl sites for hydroxylation is 2. The molecular weight excluding hydrogens is 312 g/mol. The van der Waals surface area contributed by atoms with Crippen molar-refractivity contribution in [2.24, 2.45) is 7.05 Å². The normalized spacial score (nSPS) is 11.7. The Labute approximate surface area is 140 Å². The number of hydrogen-bond acceptors (Lipinski definition) is 4. The Morgan fingerprint density at radius 2 is 1.87 bits per heavy atom. The third-order valence-electron chi connectivity index (χ3n) is 3.80. The molecule has 0 atom stereocenters. The first-order chi connectivity index (χ1) is 11.0. The first kappa shape index (κ1) is 17.8. The molecule has 0 radical (unpaired) electrons. The van der Waals surface area contributed by atoms with Crippen molar-refractivity contribution in [2.45, 2.75) is 69.8 Å². The van der Waals surface area contributed by atoms with Crippen LogP contribution < -0.4 is 11.2 Å². The fraction of sp³-hybridized carbons (Fsp3) is 0.688. The molecule has 0 aliphatic carbocycles. The SMILES string of the molecule is CCCCCCCn1c(SC(C)C)nc2c1c(=O)[nH]c(=O)n2C. The van der Waals surface area contributed by atoms with E-state index in [0.717, 1.165) is 24.5 Å². The van der Waals surface area contributed by atoms with E-state index in [0.29, 0.717) is 16.4 Å². The van der Waals surface area contributed by atoms with Gasteiger partial charge in [-0.15, -0.1) is 0 Å². The highest BCUT2D eigenvalue weighted by atomic mass is 32.2. The number of H-pyrrole nitrogens is 1. The first-order valence-electron chi connectivity index (χ1n) is 8.31. The lowest BCUT2D eigenvalue weighted by molar-refractivity contribution is 0.551. The van der Waals surface area contributed by atoms with Crippen molar-refractivity contribution < 1.29 is 0 Å². The van der Waals surface area contributed by atoms with Crippen LogP contribution in [0.2, 0.25) is 0 Å². The van der Waals surface area contributed by atoms with Gasteiger partial charge < -0.3 is 4.57 Å². The predicted octanol–water partition coefficient (Wildman–Crippen LogP) is 2.89. The fourth-order valence-corrected chi connectivity index (χ4v) is 3.47. The predicted molar refractivity (Wildman–Crippen MR) is 95.3 cm³/mol. The molecule has 0 aromatic carbocycles. The summed E-state index contributed by atoms with van der Waals surface area (Å²) in [6.07, 6.45) is 5.82. The van der Waals surface area contributed by atoms with E-state index in [4.69, 9.17) is 0 Å². The third kappa shape index (κ3) is 4.07. The van der Waals surface area contributed by atoms with E-state index >= 15 is 0 Å². The molecule has 0 saturated carbocycles. The Morgan fingerprint density at radius 1 is 1.17 bits per heavy atom. The highest BCUT2D eigenvalue weighted by Crippen LogP contribution is 2.25. The Kier molecular flexibility index (Phi) is 6.10. The van der Waals surface area contributed by atoms with Gasteiger partial charge in [-0.25, -0.2) is 9.78 Å². The minimum Gasteiger partial charge on any atom is -0.313 e. The zero-order chi connectivity index (χ0) is 17.0. The topological polar surface area (TPSA) is 72.7 Å². The number of unbranched alkanes of at least 4 members (excludes halogenated alkanes) is 4. The summed E-state index contributed by atoms with van der Waals surface area (Å²) in [4.78, 5) is 31.0. The highest BCUT2D eigenvalue weighted by molar-refractivity contribution is 7.99. The largest absolute Gasteiger partial charge is 0.329 e. The van der Waals surface area contributed by atoms with E-state index < -0.39 is 5.69 Å². The summed E-state index contributed by atoms with van der Waals surface area (Å²) in [5, 5.41) is 1.18. The van der Waals surface area contributed by atoms with Gasteiger partial charge in [0.25, 0.3) is 5.56 Å². The summed E-state index contributed by atoms with van der Waals surface area (Å²) < 4.78 is 3.39. The zero-order valence-electron chi connectivity index (χ0n) is 14.4. The Morgan fingerprint density at radius 3 is 2.52 bits per heavy atom. The number of aromatic amines is 1. The molecule has 0 spiro atoms. The molecule has 0 unspecified atom stereocenters. The monoisotopic (exact) mass is 338 g/mol. The number of rotatable bonds is 8. The molecule has 2 heterocycles. The van der Waals surface area contributed by atoms with Gasteiger partial charge >= 0.3 is 5.69 Å². The van der Waals surface area contributed by atoms with Crippen LogP contribution >= 0.6 is 11.8 Å². The van der Waals surface area contributed by atoms with Crippen LogP contribution in [0.5, 0.6) is 0 Å². The quantitative estimate of drug-likeness (QED) is 0.593. The standard InChI is InChI=1S/C16H26N4O2S/c1-5-6-7-8-9-10-20-12-13(17-16(20)23-11(2)3)19(4)15(22)18-14(12)21/h11H,5-10H2,1-4H3,(H,18,21,22). The number of imidazole rings is 1. The second-order valence-corrected chi connectivity index (χ2v) is 7.66. The highest BCUT2D eigenvalue weighted by Gasteiger charge is 2.18. The molecule has 6 nitrogen and oxygen atoms in total. The Bertz CT molecular complexity index is 773. The average Bonchev–Trinajstić information content (AvgIpc) is 2.83. The van der Waals surface area contributed by atoms with Crippen molar-refractivity contribution in [1.29, 1.82) is 0 Å². The van der Waals surface area contributed by atoms with Crippen LogP contribution in [-0.2, 0) is 13.6 Å². The number of nitrogens with one attached hydrogen (secondary N) is 1. The number of hydrogen-bond donors (Lipinski definition) is 1. The minimum atomic E-state index is -0.420. The maximum Gasteiger partial charge on any atom is 0.329 e. The maximum atomic E-state index is 12.3. The summed E-state index contributed by atoms with van der Waals surface area (Å²) in [6, 6.07) is 0. The number of nitrogens with zero attached hydrogens (tertiary/aromatic N) is 3. The van der Waals surface area contributed by atoms with Gasteiger partial charge in [0.1, 0.15) is 0 Å². The maximum absolute atomic E-state index is 12.3. The van der Waals surface area contributed by atoms with Gasteiger partial charge in [0, 0.05) is 18.8 Å². The number of aromatic nitrogens is 4. The van der Waals surface area contributed by atoms with E-state index in [9.17, 15) is 9.59 Å². The molecule has 2 aromatic heterocycles. The van der Waals surface area contributed by atoms with Crippen LogP contribution in [0.3, 0.4) is 0 Å². The average molecular weight is 338 g/mol.